The van der Waals surface area contributed by atoms with Crippen LogP contribution in [0.3, 0.4) is 0 Å². The molecule has 5 nitrogen and oxygen atoms in total. The molecule has 1 amide bonds. The summed E-state index contributed by atoms with van der Waals surface area (Å²) >= 11 is 6.02. The minimum Gasteiger partial charge on any atom is -0.497 e. The maximum Gasteiger partial charge on any atom is 0.244 e. The fourth-order valence-electron chi connectivity index (χ4n) is 3.10. The Morgan fingerprint density at radius 3 is 2.64 bits per heavy atom. The second-order valence-electron chi connectivity index (χ2n) is 6.30. The Morgan fingerprint density at radius 1 is 1.07 bits per heavy atom. The smallest absolute Gasteiger partial charge is 0.244 e. The van der Waals surface area contributed by atoms with Crippen LogP contribution in [-0.4, -0.2) is 22.6 Å². The van der Waals surface area contributed by atoms with Gasteiger partial charge in [0.05, 0.1) is 18.1 Å². The van der Waals surface area contributed by atoms with Gasteiger partial charge in [-0.25, -0.2) is 4.98 Å². The summed E-state index contributed by atoms with van der Waals surface area (Å²) in [6.07, 6.45) is 0. The lowest BCUT2D eigenvalue weighted by atomic mass is 10.2. The summed E-state index contributed by atoms with van der Waals surface area (Å²) in [4.78, 5) is 17.5. The third-order valence-corrected chi connectivity index (χ3v) is 4.66. The number of amides is 1. The summed E-state index contributed by atoms with van der Waals surface area (Å²) < 4.78 is 7.12. The van der Waals surface area contributed by atoms with Crippen molar-refractivity contribution in [1.82, 2.24) is 9.55 Å². The highest BCUT2D eigenvalue weighted by molar-refractivity contribution is 6.30. The van der Waals surface area contributed by atoms with Crippen molar-refractivity contribution >= 4 is 34.2 Å². The van der Waals surface area contributed by atoms with E-state index in [2.05, 4.69) is 5.32 Å². The van der Waals surface area contributed by atoms with Gasteiger partial charge in [0.1, 0.15) is 18.1 Å². The van der Waals surface area contributed by atoms with Gasteiger partial charge in [-0.15, -0.1) is 0 Å². The van der Waals surface area contributed by atoms with E-state index >= 15 is 0 Å². The molecule has 0 aliphatic rings. The van der Waals surface area contributed by atoms with E-state index in [0.717, 1.165) is 22.4 Å². The van der Waals surface area contributed by atoms with E-state index in [9.17, 15) is 4.79 Å². The summed E-state index contributed by atoms with van der Waals surface area (Å²) in [5.74, 6) is 1.26. The molecule has 4 rings (SSSR count). The van der Waals surface area contributed by atoms with Crippen molar-refractivity contribution in [2.75, 3.05) is 12.4 Å². The molecule has 1 N–H and O–H groups in total. The van der Waals surface area contributed by atoms with E-state index in [1.807, 2.05) is 71.3 Å². The number of methoxy groups -OCH3 is 1. The molecule has 4 aromatic rings. The van der Waals surface area contributed by atoms with Crippen molar-refractivity contribution in [3.8, 4) is 17.1 Å². The number of nitrogens with zero attached hydrogens (tertiary/aromatic N) is 2. The summed E-state index contributed by atoms with van der Waals surface area (Å²) in [7, 11) is 1.59. The molecule has 0 spiro atoms. The number of rotatable bonds is 5. The van der Waals surface area contributed by atoms with Gasteiger partial charge in [-0.1, -0.05) is 29.8 Å². The van der Waals surface area contributed by atoms with Crippen molar-refractivity contribution in [2.24, 2.45) is 0 Å². The Balaban J connectivity index is 1.68. The van der Waals surface area contributed by atoms with E-state index in [4.69, 9.17) is 21.3 Å². The van der Waals surface area contributed by atoms with Crippen LogP contribution in [0.1, 0.15) is 0 Å². The van der Waals surface area contributed by atoms with Crippen LogP contribution in [0.4, 0.5) is 5.69 Å². The lowest BCUT2D eigenvalue weighted by Gasteiger charge is -2.11. The van der Waals surface area contributed by atoms with Gasteiger partial charge in [0.2, 0.25) is 5.91 Å². The van der Waals surface area contributed by atoms with Gasteiger partial charge >= 0.3 is 0 Å². The summed E-state index contributed by atoms with van der Waals surface area (Å²) in [5, 5.41) is 3.57. The summed E-state index contributed by atoms with van der Waals surface area (Å²) in [5.41, 5.74) is 3.31. The number of benzene rings is 3. The number of fused-ring (bicyclic) bond motifs is 1. The monoisotopic (exact) mass is 391 g/mol. The van der Waals surface area contributed by atoms with Crippen molar-refractivity contribution in [3.05, 3.63) is 77.8 Å². The van der Waals surface area contributed by atoms with Gasteiger partial charge in [-0.3, -0.25) is 4.79 Å². The molecule has 0 atom stereocenters. The Kier molecular flexibility index (Phi) is 5.00. The minimum atomic E-state index is -0.147. The first kappa shape index (κ1) is 18.1. The molecule has 6 heteroatoms. The molecule has 0 aliphatic carbocycles. The number of hydrogen-bond acceptors (Lipinski definition) is 3. The second-order valence-corrected chi connectivity index (χ2v) is 6.73. The Hall–Kier alpha value is -3.31. The van der Waals surface area contributed by atoms with Crippen molar-refractivity contribution in [2.45, 2.75) is 6.54 Å². The van der Waals surface area contributed by atoms with Crippen LogP contribution in [0.15, 0.2) is 72.8 Å². The number of halogens is 1. The Morgan fingerprint density at radius 2 is 1.86 bits per heavy atom. The third-order valence-electron chi connectivity index (χ3n) is 4.41. The molecule has 0 unspecified atom stereocenters. The normalized spacial score (nSPS) is 10.8. The number of imidazole rings is 1. The molecular weight excluding hydrogens is 374 g/mol. The van der Waals surface area contributed by atoms with Crippen LogP contribution in [0.2, 0.25) is 5.02 Å². The van der Waals surface area contributed by atoms with Gasteiger partial charge in [-0.05, 0) is 48.5 Å². The van der Waals surface area contributed by atoms with E-state index in [1.54, 1.807) is 13.2 Å². The first-order chi connectivity index (χ1) is 13.6. The van der Waals surface area contributed by atoms with Gasteiger partial charge in [0, 0.05) is 22.3 Å². The molecular formula is C22H18ClN3O2. The number of ether oxygens (including phenoxy) is 1. The van der Waals surface area contributed by atoms with Crippen LogP contribution in [0.25, 0.3) is 22.4 Å². The maximum atomic E-state index is 12.7. The number of carbonyl (C=O) groups excluding carboxylic acids is 1. The average Bonchev–Trinajstić information content (AvgIpc) is 3.07. The van der Waals surface area contributed by atoms with Crippen LogP contribution in [0, 0.1) is 0 Å². The fourth-order valence-corrected chi connectivity index (χ4v) is 3.23. The fraction of sp³-hybridized carbons (Fsp3) is 0.0909. The molecule has 0 fully saturated rings. The zero-order valence-corrected chi connectivity index (χ0v) is 16.0. The van der Waals surface area contributed by atoms with E-state index in [1.165, 1.54) is 0 Å². The maximum absolute atomic E-state index is 12.7. The predicted molar refractivity (Wildman–Crippen MR) is 112 cm³/mol. The average molecular weight is 392 g/mol. The van der Waals surface area contributed by atoms with E-state index in [-0.39, 0.29) is 12.5 Å². The number of hydrogen-bond donors (Lipinski definition) is 1. The van der Waals surface area contributed by atoms with E-state index < -0.39 is 0 Å². The highest BCUT2D eigenvalue weighted by atomic mass is 35.5. The number of carbonyl (C=O) groups is 1. The molecule has 0 radical (unpaired) electrons. The molecule has 1 aromatic heterocycles. The van der Waals surface area contributed by atoms with Crippen molar-refractivity contribution < 1.29 is 9.53 Å². The van der Waals surface area contributed by atoms with Crippen molar-refractivity contribution in [3.63, 3.8) is 0 Å². The lowest BCUT2D eigenvalue weighted by Crippen LogP contribution is -2.19. The largest absolute Gasteiger partial charge is 0.497 e. The second kappa shape index (κ2) is 7.74. The zero-order valence-electron chi connectivity index (χ0n) is 15.2. The van der Waals surface area contributed by atoms with Crippen LogP contribution in [-0.2, 0) is 11.3 Å². The van der Waals surface area contributed by atoms with Crippen LogP contribution in [0.5, 0.6) is 5.75 Å². The minimum absolute atomic E-state index is 0.135. The zero-order chi connectivity index (χ0) is 19.5. The number of para-hydroxylation sites is 2. The Labute approximate surface area is 167 Å². The number of nitrogens with one attached hydrogen (secondary N) is 1. The molecule has 0 aliphatic heterocycles. The first-order valence-electron chi connectivity index (χ1n) is 8.79. The quantitative estimate of drug-likeness (QED) is 0.520. The lowest BCUT2D eigenvalue weighted by molar-refractivity contribution is -0.116. The molecule has 0 bridgehead atoms. The highest BCUT2D eigenvalue weighted by Gasteiger charge is 2.15. The van der Waals surface area contributed by atoms with Gasteiger partial charge in [0.25, 0.3) is 0 Å². The van der Waals surface area contributed by atoms with Gasteiger partial charge in [-0.2, -0.15) is 0 Å². The standard InChI is InChI=1S/C22H18ClN3O2/c1-28-18-6-4-5-17(13-18)24-21(27)14-26-20-8-3-2-7-19(20)25-22(26)15-9-11-16(23)12-10-15/h2-13H,14H2,1H3,(H,24,27). The number of anilines is 1. The SMILES string of the molecule is COc1cccc(NC(=O)Cn2c(-c3ccc(Cl)cc3)nc3ccccc32)c1. The molecule has 0 saturated heterocycles. The van der Waals surface area contributed by atoms with Crippen molar-refractivity contribution in [1.29, 1.82) is 0 Å². The molecule has 140 valence electrons. The third kappa shape index (κ3) is 3.70. The Bertz CT molecular complexity index is 1140. The highest BCUT2D eigenvalue weighted by Crippen LogP contribution is 2.26. The number of aromatic nitrogens is 2. The molecule has 0 saturated carbocycles. The topological polar surface area (TPSA) is 56.1 Å². The predicted octanol–water partition coefficient (Wildman–Crippen LogP) is 5.00. The summed E-state index contributed by atoms with van der Waals surface area (Å²) in [6, 6.07) is 22.5. The van der Waals surface area contributed by atoms with E-state index in [0.29, 0.717) is 16.5 Å². The molecule has 1 heterocycles. The molecule has 28 heavy (non-hydrogen) atoms. The summed E-state index contributed by atoms with van der Waals surface area (Å²) in [6.45, 7) is 0.135. The molecule has 3 aromatic carbocycles. The van der Waals surface area contributed by atoms with Crippen LogP contribution < -0.4 is 10.1 Å². The van der Waals surface area contributed by atoms with Crippen LogP contribution >= 0.6 is 11.6 Å². The van der Waals surface area contributed by atoms with Gasteiger partial charge in [0.15, 0.2) is 0 Å². The van der Waals surface area contributed by atoms with Gasteiger partial charge < -0.3 is 14.6 Å². The first-order valence-corrected chi connectivity index (χ1v) is 9.17.